The van der Waals surface area contributed by atoms with Crippen molar-refractivity contribution in [3.63, 3.8) is 0 Å². The van der Waals surface area contributed by atoms with Crippen molar-refractivity contribution in [1.29, 1.82) is 0 Å². The van der Waals surface area contributed by atoms with Gasteiger partial charge in [-0.05, 0) is 48.0 Å². The molecule has 3 N–H and O–H groups in total. The smallest absolute Gasteiger partial charge is 0.319 e. The molecule has 1 aromatic rings. The van der Waals surface area contributed by atoms with Crippen molar-refractivity contribution in [3.05, 3.63) is 22.7 Å². The number of hydrogen-bond donors (Lipinski definition) is 3. The zero-order chi connectivity index (χ0) is 15.3. The molecule has 6 nitrogen and oxygen atoms in total. The first kappa shape index (κ1) is 16.3. The van der Waals surface area contributed by atoms with Gasteiger partial charge >= 0.3 is 12.0 Å². The van der Waals surface area contributed by atoms with Crippen LogP contribution in [-0.2, 0) is 4.79 Å². The van der Waals surface area contributed by atoms with Crippen LogP contribution in [0.3, 0.4) is 0 Å². The van der Waals surface area contributed by atoms with E-state index in [1.807, 2.05) is 0 Å². The largest absolute Gasteiger partial charge is 0.496 e. The monoisotopic (exact) mass is 344 g/mol. The summed E-state index contributed by atoms with van der Waals surface area (Å²) in [5.74, 6) is -0.312. The second-order valence-corrected chi connectivity index (χ2v) is 5.70. The molecule has 0 fully saturated rings. The molecule has 0 bridgehead atoms. The van der Waals surface area contributed by atoms with Crippen LogP contribution in [0.2, 0.25) is 0 Å². The van der Waals surface area contributed by atoms with E-state index >= 15 is 0 Å². The van der Waals surface area contributed by atoms with Gasteiger partial charge in [0, 0.05) is 12.2 Å². The molecule has 0 aromatic heterocycles. The Morgan fingerprint density at radius 2 is 2.05 bits per heavy atom. The van der Waals surface area contributed by atoms with E-state index in [2.05, 4.69) is 26.6 Å². The third kappa shape index (κ3) is 4.41. The van der Waals surface area contributed by atoms with Crippen molar-refractivity contribution in [2.24, 2.45) is 5.41 Å². The molecule has 0 saturated carbocycles. The lowest BCUT2D eigenvalue weighted by Gasteiger charge is -2.19. The predicted octanol–water partition coefficient (Wildman–Crippen LogP) is 2.69. The zero-order valence-electron chi connectivity index (χ0n) is 11.5. The minimum absolute atomic E-state index is 0.0332. The molecule has 0 aliphatic carbocycles. The van der Waals surface area contributed by atoms with E-state index < -0.39 is 17.4 Å². The first-order valence-electron chi connectivity index (χ1n) is 5.88. The highest BCUT2D eigenvalue weighted by molar-refractivity contribution is 9.10. The van der Waals surface area contributed by atoms with Crippen LogP contribution in [0.15, 0.2) is 22.7 Å². The highest BCUT2D eigenvalue weighted by Crippen LogP contribution is 2.27. The van der Waals surface area contributed by atoms with E-state index in [9.17, 15) is 9.59 Å². The minimum Gasteiger partial charge on any atom is -0.496 e. The Bertz CT molecular complexity index is 517. The quantitative estimate of drug-likeness (QED) is 0.766. The van der Waals surface area contributed by atoms with Gasteiger partial charge < -0.3 is 20.5 Å². The number of anilines is 1. The molecule has 7 heteroatoms. The Labute approximate surface area is 125 Å². The number of methoxy groups -OCH3 is 1. The number of benzene rings is 1. The molecule has 20 heavy (non-hydrogen) atoms. The third-order valence-corrected chi connectivity index (χ3v) is 3.30. The standard InChI is InChI=1S/C13H17BrN2O4/c1-13(2,11(17)18)7-15-12(19)16-8-4-5-10(20-3)9(14)6-8/h4-6H,7H2,1-3H3,(H,17,18)(H2,15,16,19). The molecule has 0 unspecified atom stereocenters. The SMILES string of the molecule is COc1ccc(NC(=O)NCC(C)(C)C(=O)O)cc1Br. The Morgan fingerprint density at radius 3 is 2.55 bits per heavy atom. The average Bonchev–Trinajstić information content (AvgIpc) is 2.36. The number of halogens is 1. The first-order valence-corrected chi connectivity index (χ1v) is 6.67. The number of urea groups is 1. The van der Waals surface area contributed by atoms with Crippen LogP contribution in [0.4, 0.5) is 10.5 Å². The number of rotatable bonds is 5. The summed E-state index contributed by atoms with van der Waals surface area (Å²) in [5.41, 5.74) is -0.444. The van der Waals surface area contributed by atoms with Crippen molar-refractivity contribution >= 4 is 33.6 Å². The van der Waals surface area contributed by atoms with E-state index in [1.165, 1.54) is 0 Å². The van der Waals surface area contributed by atoms with Crippen LogP contribution < -0.4 is 15.4 Å². The second-order valence-electron chi connectivity index (χ2n) is 4.85. The number of carbonyl (C=O) groups is 2. The molecular weight excluding hydrogens is 328 g/mol. The third-order valence-electron chi connectivity index (χ3n) is 2.68. The summed E-state index contributed by atoms with van der Waals surface area (Å²) >= 11 is 3.31. The van der Waals surface area contributed by atoms with E-state index in [1.54, 1.807) is 39.2 Å². The van der Waals surface area contributed by atoms with Crippen molar-refractivity contribution in [2.75, 3.05) is 19.0 Å². The summed E-state index contributed by atoms with van der Waals surface area (Å²) in [6.45, 7) is 3.12. The normalized spacial score (nSPS) is 10.8. The molecule has 0 atom stereocenters. The van der Waals surface area contributed by atoms with Gasteiger partial charge in [0.05, 0.1) is 17.0 Å². The summed E-state index contributed by atoms with van der Waals surface area (Å²) in [6, 6.07) is 4.63. The van der Waals surface area contributed by atoms with Gasteiger partial charge in [-0.25, -0.2) is 4.79 Å². The fraction of sp³-hybridized carbons (Fsp3) is 0.385. The first-order chi connectivity index (χ1) is 9.26. The Kier molecular flexibility index (Phi) is 5.38. The molecule has 0 spiro atoms. The van der Waals surface area contributed by atoms with Crippen molar-refractivity contribution in [1.82, 2.24) is 5.32 Å². The van der Waals surface area contributed by atoms with Gasteiger partial charge in [0.1, 0.15) is 5.75 Å². The number of carbonyl (C=O) groups excluding carboxylic acids is 1. The topological polar surface area (TPSA) is 87.7 Å². The summed E-state index contributed by atoms with van der Waals surface area (Å²) < 4.78 is 5.79. The van der Waals surface area contributed by atoms with E-state index in [4.69, 9.17) is 9.84 Å². The van der Waals surface area contributed by atoms with Gasteiger partial charge in [-0.3, -0.25) is 4.79 Å². The maximum Gasteiger partial charge on any atom is 0.319 e. The molecule has 2 amide bonds. The van der Waals surface area contributed by atoms with Crippen molar-refractivity contribution in [2.45, 2.75) is 13.8 Å². The molecule has 1 rings (SSSR count). The summed E-state index contributed by atoms with van der Waals surface area (Å²) in [6.07, 6.45) is 0. The van der Waals surface area contributed by atoms with E-state index in [0.29, 0.717) is 15.9 Å². The lowest BCUT2D eigenvalue weighted by Crippen LogP contribution is -2.40. The van der Waals surface area contributed by atoms with Gasteiger partial charge in [-0.1, -0.05) is 0 Å². The van der Waals surface area contributed by atoms with Gasteiger partial charge in [0.15, 0.2) is 0 Å². The fourth-order valence-corrected chi connectivity index (χ4v) is 1.84. The van der Waals surface area contributed by atoms with Crippen LogP contribution in [0.1, 0.15) is 13.8 Å². The molecule has 0 aliphatic heterocycles. The van der Waals surface area contributed by atoms with Crippen molar-refractivity contribution < 1.29 is 19.4 Å². The van der Waals surface area contributed by atoms with Crippen molar-refractivity contribution in [3.8, 4) is 5.75 Å². The maximum atomic E-state index is 11.7. The number of carboxylic acid groups (broad SMARTS) is 1. The zero-order valence-corrected chi connectivity index (χ0v) is 13.1. The number of nitrogens with one attached hydrogen (secondary N) is 2. The Hall–Kier alpha value is -1.76. The average molecular weight is 345 g/mol. The predicted molar refractivity (Wildman–Crippen MR) is 79.1 cm³/mol. The lowest BCUT2D eigenvalue weighted by molar-refractivity contribution is -0.146. The van der Waals surface area contributed by atoms with Crippen LogP contribution in [0.25, 0.3) is 0 Å². The molecule has 0 aliphatic rings. The van der Waals surface area contributed by atoms with E-state index in [0.717, 1.165) is 0 Å². The molecule has 0 radical (unpaired) electrons. The molecule has 1 aromatic carbocycles. The van der Waals surface area contributed by atoms with Gasteiger partial charge in [-0.15, -0.1) is 0 Å². The Balaban J connectivity index is 2.59. The van der Waals surface area contributed by atoms with E-state index in [-0.39, 0.29) is 6.54 Å². The lowest BCUT2D eigenvalue weighted by atomic mass is 9.94. The van der Waals surface area contributed by atoms with Gasteiger partial charge in [-0.2, -0.15) is 0 Å². The van der Waals surface area contributed by atoms with Gasteiger partial charge in [0.2, 0.25) is 0 Å². The summed E-state index contributed by atoms with van der Waals surface area (Å²) in [5, 5.41) is 14.1. The number of carboxylic acids is 1. The van der Waals surface area contributed by atoms with Gasteiger partial charge in [0.25, 0.3) is 0 Å². The number of aliphatic carboxylic acids is 1. The molecule has 0 heterocycles. The van der Waals surface area contributed by atoms with Crippen LogP contribution in [-0.4, -0.2) is 30.8 Å². The summed E-state index contributed by atoms with van der Waals surface area (Å²) in [4.78, 5) is 22.6. The number of hydrogen-bond acceptors (Lipinski definition) is 3. The maximum absolute atomic E-state index is 11.7. The van der Waals surface area contributed by atoms with Crippen LogP contribution in [0.5, 0.6) is 5.75 Å². The molecule has 0 saturated heterocycles. The van der Waals surface area contributed by atoms with Crippen LogP contribution >= 0.6 is 15.9 Å². The summed E-state index contributed by atoms with van der Waals surface area (Å²) in [7, 11) is 1.55. The number of amides is 2. The van der Waals surface area contributed by atoms with Crippen LogP contribution in [0, 0.1) is 5.41 Å². The number of ether oxygens (including phenoxy) is 1. The Morgan fingerprint density at radius 1 is 1.40 bits per heavy atom. The fourth-order valence-electron chi connectivity index (χ4n) is 1.30. The second kappa shape index (κ2) is 6.60. The highest BCUT2D eigenvalue weighted by Gasteiger charge is 2.27. The molecule has 110 valence electrons. The highest BCUT2D eigenvalue weighted by atomic mass is 79.9. The molecular formula is C13H17BrN2O4. The minimum atomic E-state index is -1.02.